The van der Waals surface area contributed by atoms with Crippen LogP contribution in [0.4, 0.5) is 5.69 Å². The van der Waals surface area contributed by atoms with Gasteiger partial charge in [-0.15, -0.1) is 0 Å². The first kappa shape index (κ1) is 12.8. The van der Waals surface area contributed by atoms with Gasteiger partial charge in [-0.25, -0.2) is 0 Å². The van der Waals surface area contributed by atoms with Gasteiger partial charge in [-0.3, -0.25) is 0 Å². The molecule has 0 saturated heterocycles. The lowest BCUT2D eigenvalue weighted by Crippen LogP contribution is -2.35. The quantitative estimate of drug-likeness (QED) is 0.844. The number of phenolic OH excluding ortho intramolecular Hbond substituents is 1. The van der Waals surface area contributed by atoms with Crippen LogP contribution in [0, 0.1) is 0 Å². The van der Waals surface area contributed by atoms with E-state index >= 15 is 0 Å². The van der Waals surface area contributed by atoms with Crippen molar-refractivity contribution >= 4 is 5.69 Å². The lowest BCUT2D eigenvalue weighted by atomic mass is 9.85. The van der Waals surface area contributed by atoms with E-state index in [9.17, 15) is 5.11 Å². The van der Waals surface area contributed by atoms with Gasteiger partial charge in [-0.1, -0.05) is 30.3 Å². The van der Waals surface area contributed by atoms with Crippen molar-refractivity contribution in [3.8, 4) is 5.75 Å². The first-order valence-electron chi connectivity index (χ1n) is 7.92. The van der Waals surface area contributed by atoms with Gasteiger partial charge in [0.2, 0.25) is 0 Å². The van der Waals surface area contributed by atoms with Crippen LogP contribution in [0.2, 0.25) is 0 Å². The second kappa shape index (κ2) is 4.80. The highest BCUT2D eigenvalue weighted by molar-refractivity contribution is 5.62. The van der Waals surface area contributed by atoms with Gasteiger partial charge < -0.3 is 10.0 Å². The fourth-order valence-electron chi connectivity index (χ4n) is 4.16. The number of benzene rings is 2. The summed E-state index contributed by atoms with van der Waals surface area (Å²) in [7, 11) is 0. The summed E-state index contributed by atoms with van der Waals surface area (Å²) in [5.74, 6) is 0.470. The van der Waals surface area contributed by atoms with Crippen molar-refractivity contribution in [3.05, 3.63) is 59.2 Å². The third kappa shape index (κ3) is 1.93. The maximum Gasteiger partial charge on any atom is 0.119 e. The predicted octanol–water partition coefficient (Wildman–Crippen LogP) is 4.22. The van der Waals surface area contributed by atoms with E-state index in [-0.39, 0.29) is 0 Å². The summed E-state index contributed by atoms with van der Waals surface area (Å²) in [6.45, 7) is 2.32. The Hall–Kier alpha value is -1.96. The standard InChI is InChI=1S/C19H21NO/c1-13-12-14-6-2-3-9-17(14)20(13)18-10-4-8-16-15(18)7-5-11-19(16)21/h2-3,5-7,9,11,13,18,21H,4,8,10,12H2,1H3. The molecule has 21 heavy (non-hydrogen) atoms. The second-order valence-electron chi connectivity index (χ2n) is 6.34. The van der Waals surface area contributed by atoms with Gasteiger partial charge in [0.05, 0.1) is 6.04 Å². The van der Waals surface area contributed by atoms with E-state index in [0.717, 1.165) is 24.8 Å². The molecule has 1 heterocycles. The lowest BCUT2D eigenvalue weighted by Gasteiger charge is -2.38. The first-order chi connectivity index (χ1) is 10.3. The minimum atomic E-state index is 0.402. The van der Waals surface area contributed by atoms with Gasteiger partial charge >= 0.3 is 0 Å². The van der Waals surface area contributed by atoms with Crippen molar-refractivity contribution in [1.29, 1.82) is 0 Å². The van der Waals surface area contributed by atoms with E-state index < -0.39 is 0 Å². The molecular formula is C19H21NO. The third-order valence-corrected chi connectivity index (χ3v) is 5.05. The lowest BCUT2D eigenvalue weighted by molar-refractivity contribution is 0.444. The smallest absolute Gasteiger partial charge is 0.119 e. The normalized spacial score (nSPS) is 23.8. The molecule has 2 aromatic carbocycles. The van der Waals surface area contributed by atoms with Crippen LogP contribution in [0.3, 0.4) is 0 Å². The van der Waals surface area contributed by atoms with Crippen molar-refractivity contribution in [2.75, 3.05) is 4.90 Å². The highest BCUT2D eigenvalue weighted by Gasteiger charge is 2.34. The van der Waals surface area contributed by atoms with Gasteiger partial charge in [-0.05, 0) is 61.4 Å². The molecule has 4 rings (SSSR count). The van der Waals surface area contributed by atoms with Crippen LogP contribution in [-0.4, -0.2) is 11.1 Å². The molecule has 0 radical (unpaired) electrons. The SMILES string of the molecule is CC1Cc2ccccc2N1C1CCCc2c(O)cccc21. The fourth-order valence-corrected chi connectivity index (χ4v) is 4.16. The van der Waals surface area contributed by atoms with Gasteiger partial charge in [0, 0.05) is 11.7 Å². The van der Waals surface area contributed by atoms with E-state index in [0.29, 0.717) is 17.8 Å². The number of rotatable bonds is 1. The monoisotopic (exact) mass is 279 g/mol. The van der Waals surface area contributed by atoms with Gasteiger partial charge in [0.15, 0.2) is 0 Å². The minimum absolute atomic E-state index is 0.402. The van der Waals surface area contributed by atoms with Crippen LogP contribution in [0.1, 0.15) is 42.5 Å². The summed E-state index contributed by atoms with van der Waals surface area (Å²) in [5.41, 5.74) is 5.32. The number of hydrogen-bond acceptors (Lipinski definition) is 2. The Bertz CT molecular complexity index is 679. The molecular weight excluding hydrogens is 258 g/mol. The molecule has 2 aliphatic rings. The second-order valence-corrected chi connectivity index (χ2v) is 6.34. The van der Waals surface area contributed by atoms with Crippen LogP contribution in [-0.2, 0) is 12.8 Å². The molecule has 0 saturated carbocycles. The molecule has 2 heteroatoms. The Morgan fingerprint density at radius 2 is 1.95 bits per heavy atom. The Balaban J connectivity index is 1.81. The summed E-state index contributed by atoms with van der Waals surface area (Å²) in [6.07, 6.45) is 4.46. The molecule has 2 aromatic rings. The fraction of sp³-hybridized carbons (Fsp3) is 0.368. The number of nitrogens with zero attached hydrogens (tertiary/aromatic N) is 1. The average Bonchev–Trinajstić information content (AvgIpc) is 2.83. The molecule has 1 aliphatic heterocycles. The van der Waals surface area contributed by atoms with E-state index in [1.165, 1.54) is 23.2 Å². The molecule has 0 amide bonds. The number of phenols is 1. The summed E-state index contributed by atoms with van der Waals surface area (Å²) in [5, 5.41) is 10.2. The zero-order chi connectivity index (χ0) is 14.4. The summed E-state index contributed by atoms with van der Waals surface area (Å²) >= 11 is 0. The van der Waals surface area contributed by atoms with Crippen LogP contribution in [0.25, 0.3) is 0 Å². The largest absolute Gasteiger partial charge is 0.508 e. The minimum Gasteiger partial charge on any atom is -0.508 e. The highest BCUT2D eigenvalue weighted by atomic mass is 16.3. The van der Waals surface area contributed by atoms with Crippen LogP contribution in [0.5, 0.6) is 5.75 Å². The first-order valence-corrected chi connectivity index (χ1v) is 7.92. The molecule has 2 atom stereocenters. The van der Waals surface area contributed by atoms with Crippen LogP contribution in [0.15, 0.2) is 42.5 Å². The van der Waals surface area contributed by atoms with E-state index in [1.807, 2.05) is 12.1 Å². The summed E-state index contributed by atoms with van der Waals surface area (Å²) in [4.78, 5) is 2.58. The van der Waals surface area contributed by atoms with Gasteiger partial charge in [-0.2, -0.15) is 0 Å². The Labute approximate surface area is 126 Å². The number of hydrogen-bond donors (Lipinski definition) is 1. The number of anilines is 1. The number of para-hydroxylation sites is 1. The van der Waals surface area contributed by atoms with Crippen molar-refractivity contribution in [2.45, 2.75) is 44.7 Å². The topological polar surface area (TPSA) is 23.5 Å². The Kier molecular flexibility index (Phi) is 2.91. The molecule has 1 N–H and O–H groups in total. The molecule has 108 valence electrons. The predicted molar refractivity (Wildman–Crippen MR) is 85.9 cm³/mol. The molecule has 0 aromatic heterocycles. The highest BCUT2D eigenvalue weighted by Crippen LogP contribution is 2.44. The molecule has 1 aliphatic carbocycles. The van der Waals surface area contributed by atoms with Gasteiger partial charge in [0.25, 0.3) is 0 Å². The van der Waals surface area contributed by atoms with Crippen molar-refractivity contribution in [1.82, 2.24) is 0 Å². The maximum absolute atomic E-state index is 10.2. The molecule has 0 bridgehead atoms. The Morgan fingerprint density at radius 3 is 2.86 bits per heavy atom. The summed E-state index contributed by atoms with van der Waals surface area (Å²) in [6, 6.07) is 15.7. The zero-order valence-corrected chi connectivity index (χ0v) is 12.4. The van der Waals surface area contributed by atoms with E-state index in [1.54, 1.807) is 0 Å². The zero-order valence-electron chi connectivity index (χ0n) is 12.4. The van der Waals surface area contributed by atoms with Crippen LogP contribution >= 0.6 is 0 Å². The molecule has 0 fully saturated rings. The molecule has 0 spiro atoms. The van der Waals surface area contributed by atoms with Gasteiger partial charge in [0.1, 0.15) is 5.75 Å². The molecule has 2 unspecified atom stereocenters. The van der Waals surface area contributed by atoms with Crippen molar-refractivity contribution in [3.63, 3.8) is 0 Å². The van der Waals surface area contributed by atoms with E-state index in [2.05, 4.69) is 42.2 Å². The average molecular weight is 279 g/mol. The van der Waals surface area contributed by atoms with Crippen molar-refractivity contribution < 1.29 is 5.11 Å². The third-order valence-electron chi connectivity index (χ3n) is 5.05. The Morgan fingerprint density at radius 1 is 1.10 bits per heavy atom. The maximum atomic E-state index is 10.2. The van der Waals surface area contributed by atoms with Crippen molar-refractivity contribution in [2.24, 2.45) is 0 Å². The number of fused-ring (bicyclic) bond motifs is 2. The molecule has 2 nitrogen and oxygen atoms in total. The van der Waals surface area contributed by atoms with Crippen LogP contribution < -0.4 is 4.90 Å². The van der Waals surface area contributed by atoms with E-state index in [4.69, 9.17) is 0 Å². The summed E-state index contributed by atoms with van der Waals surface area (Å²) < 4.78 is 0. The number of aromatic hydroxyl groups is 1.